The Hall–Kier alpha value is -3.05. The molecule has 4 rings (SSSR count). The maximum absolute atomic E-state index is 13.4. The molecule has 1 aliphatic heterocycles. The number of hydrogen-bond acceptors (Lipinski definition) is 4. The van der Waals surface area contributed by atoms with Gasteiger partial charge in [-0.05, 0) is 41.7 Å². The first-order chi connectivity index (χ1) is 14.2. The third-order valence-corrected chi connectivity index (χ3v) is 6.00. The molecular weight excluding hydrogens is 398 g/mol. The van der Waals surface area contributed by atoms with Crippen molar-refractivity contribution in [3.8, 4) is 0 Å². The van der Waals surface area contributed by atoms with Crippen molar-refractivity contribution in [1.29, 1.82) is 0 Å². The summed E-state index contributed by atoms with van der Waals surface area (Å²) in [5.41, 5.74) is 15.4. The van der Waals surface area contributed by atoms with Gasteiger partial charge in [-0.3, -0.25) is 14.5 Å². The molecule has 1 heterocycles. The molecule has 0 bridgehead atoms. The van der Waals surface area contributed by atoms with Gasteiger partial charge in [0.2, 0.25) is 5.91 Å². The van der Waals surface area contributed by atoms with Crippen molar-refractivity contribution in [3.63, 3.8) is 0 Å². The average molecular weight is 422 g/mol. The van der Waals surface area contributed by atoms with E-state index in [4.69, 9.17) is 23.1 Å². The maximum Gasteiger partial charge on any atom is 0.249 e. The average Bonchev–Trinajstić information content (AvgIpc) is 2.67. The van der Waals surface area contributed by atoms with Gasteiger partial charge in [-0.1, -0.05) is 55.8 Å². The van der Waals surface area contributed by atoms with E-state index in [-0.39, 0.29) is 22.6 Å². The second-order valence-electron chi connectivity index (χ2n) is 8.62. The van der Waals surface area contributed by atoms with Gasteiger partial charge < -0.3 is 11.5 Å². The van der Waals surface area contributed by atoms with Crippen molar-refractivity contribution in [1.82, 2.24) is 0 Å². The summed E-state index contributed by atoms with van der Waals surface area (Å²) in [6.45, 7) is 4.14. The minimum Gasteiger partial charge on any atom is -0.384 e. The third kappa shape index (κ3) is 3.39. The van der Waals surface area contributed by atoms with Gasteiger partial charge in [-0.15, -0.1) is 0 Å². The Balaban J connectivity index is 2.02. The van der Waals surface area contributed by atoms with Gasteiger partial charge >= 0.3 is 0 Å². The number of benzene rings is 2. The van der Waals surface area contributed by atoms with E-state index in [9.17, 15) is 9.59 Å². The summed E-state index contributed by atoms with van der Waals surface area (Å²) in [6, 6.07) is 16.6. The van der Waals surface area contributed by atoms with Crippen LogP contribution in [0, 0.1) is 5.41 Å². The number of carbonyl (C=O) groups is 2. The molecule has 0 saturated carbocycles. The number of nitrogens with zero attached hydrogens (tertiary/aromatic N) is 1. The molecule has 2 aliphatic rings. The topological polar surface area (TPSA) is 89.4 Å². The number of ketones is 1. The molecular formula is C24H24ClN3O2. The second-order valence-corrected chi connectivity index (χ2v) is 9.06. The number of rotatable bonds is 3. The van der Waals surface area contributed by atoms with Crippen molar-refractivity contribution in [2.24, 2.45) is 16.9 Å². The van der Waals surface area contributed by atoms with Gasteiger partial charge in [0.1, 0.15) is 5.82 Å². The first kappa shape index (κ1) is 20.2. The smallest absolute Gasteiger partial charge is 0.249 e. The van der Waals surface area contributed by atoms with Crippen LogP contribution in [0.4, 0.5) is 5.69 Å². The summed E-state index contributed by atoms with van der Waals surface area (Å²) in [5, 5.41) is 0.573. The van der Waals surface area contributed by atoms with Crippen molar-refractivity contribution in [2.45, 2.75) is 32.6 Å². The van der Waals surface area contributed by atoms with Crippen LogP contribution in [0.5, 0.6) is 0 Å². The Kier molecular flexibility index (Phi) is 4.94. The molecule has 1 unspecified atom stereocenters. The minimum atomic E-state index is -0.641. The van der Waals surface area contributed by atoms with E-state index in [1.807, 2.05) is 47.4 Å². The molecule has 0 spiro atoms. The van der Waals surface area contributed by atoms with Crippen LogP contribution < -0.4 is 16.4 Å². The number of primary amides is 1. The summed E-state index contributed by atoms with van der Waals surface area (Å²) >= 11 is 6.07. The van der Waals surface area contributed by atoms with E-state index in [1.54, 1.807) is 12.1 Å². The summed E-state index contributed by atoms with van der Waals surface area (Å²) in [7, 11) is 0. The monoisotopic (exact) mass is 421 g/mol. The first-order valence-corrected chi connectivity index (χ1v) is 10.2. The SMILES string of the molecule is CC1(C)CC(=O)C2=C(C1)N(c1ccccc1)C(N)=C(C(N)=O)C2c1ccc(Cl)cc1. The lowest BCUT2D eigenvalue weighted by atomic mass is 9.68. The summed E-state index contributed by atoms with van der Waals surface area (Å²) in [6.07, 6.45) is 1.05. The van der Waals surface area contributed by atoms with Crippen LogP contribution in [0.3, 0.4) is 0 Å². The Morgan fingerprint density at radius 3 is 2.30 bits per heavy atom. The molecule has 1 aliphatic carbocycles. The van der Waals surface area contributed by atoms with E-state index in [1.165, 1.54) is 0 Å². The number of para-hydroxylation sites is 1. The van der Waals surface area contributed by atoms with Crippen molar-refractivity contribution >= 4 is 29.0 Å². The maximum atomic E-state index is 13.4. The molecule has 2 aromatic rings. The molecule has 1 amide bonds. The Morgan fingerprint density at radius 2 is 1.70 bits per heavy atom. The lowest BCUT2D eigenvalue weighted by Gasteiger charge is -2.44. The predicted molar refractivity (Wildman–Crippen MR) is 119 cm³/mol. The zero-order chi connectivity index (χ0) is 21.6. The standard InChI is InChI=1S/C24H24ClN3O2/c1-24(2)12-17-20(18(29)13-24)19(14-8-10-15(25)11-9-14)21(23(27)30)22(26)28(17)16-6-4-3-5-7-16/h3-11,19H,12-13,26H2,1-2H3,(H2,27,30). The molecule has 30 heavy (non-hydrogen) atoms. The number of nitrogens with two attached hydrogens (primary N) is 2. The molecule has 154 valence electrons. The number of amides is 1. The van der Waals surface area contributed by atoms with E-state index >= 15 is 0 Å². The second kappa shape index (κ2) is 7.33. The van der Waals surface area contributed by atoms with E-state index in [0.29, 0.717) is 23.4 Å². The van der Waals surface area contributed by atoms with Crippen LogP contribution in [0.25, 0.3) is 0 Å². The van der Waals surface area contributed by atoms with Crippen LogP contribution in [-0.4, -0.2) is 11.7 Å². The van der Waals surface area contributed by atoms with Crippen LogP contribution in [-0.2, 0) is 9.59 Å². The summed E-state index contributed by atoms with van der Waals surface area (Å²) < 4.78 is 0. The fourth-order valence-electron chi connectivity index (χ4n) is 4.52. The number of hydrogen-bond donors (Lipinski definition) is 2. The fraction of sp³-hybridized carbons (Fsp3) is 0.250. The van der Waals surface area contributed by atoms with Crippen molar-refractivity contribution < 1.29 is 9.59 Å². The van der Waals surface area contributed by atoms with Gasteiger partial charge in [0, 0.05) is 34.3 Å². The number of halogens is 1. The van der Waals surface area contributed by atoms with Crippen LogP contribution >= 0.6 is 11.6 Å². The lowest BCUT2D eigenvalue weighted by molar-refractivity contribution is -0.118. The zero-order valence-corrected chi connectivity index (χ0v) is 17.7. The highest BCUT2D eigenvalue weighted by molar-refractivity contribution is 6.30. The summed E-state index contributed by atoms with van der Waals surface area (Å²) in [5.74, 6) is -0.984. The largest absolute Gasteiger partial charge is 0.384 e. The number of Topliss-reactive ketones (excluding diaryl/α,β-unsaturated/α-hetero) is 1. The van der Waals surface area contributed by atoms with E-state index in [2.05, 4.69) is 13.8 Å². The highest BCUT2D eigenvalue weighted by atomic mass is 35.5. The van der Waals surface area contributed by atoms with E-state index in [0.717, 1.165) is 16.9 Å². The highest BCUT2D eigenvalue weighted by Gasteiger charge is 2.45. The van der Waals surface area contributed by atoms with Crippen LogP contribution in [0.1, 0.15) is 38.2 Å². The van der Waals surface area contributed by atoms with E-state index < -0.39 is 11.8 Å². The lowest BCUT2D eigenvalue weighted by Crippen LogP contribution is -2.44. The van der Waals surface area contributed by atoms with Gasteiger partial charge in [-0.2, -0.15) is 0 Å². The number of anilines is 1. The molecule has 0 radical (unpaired) electrons. The normalized spacial score (nSPS) is 21.0. The molecule has 0 saturated heterocycles. The zero-order valence-electron chi connectivity index (χ0n) is 17.0. The molecule has 2 aromatic carbocycles. The number of allylic oxidation sites excluding steroid dienone is 2. The van der Waals surface area contributed by atoms with Gasteiger partial charge in [0.15, 0.2) is 5.78 Å². The van der Waals surface area contributed by atoms with Crippen molar-refractivity contribution in [3.05, 3.63) is 87.8 Å². The Labute approximate surface area is 181 Å². The molecule has 5 nitrogen and oxygen atoms in total. The molecule has 6 heteroatoms. The minimum absolute atomic E-state index is 0.00776. The molecule has 0 fully saturated rings. The van der Waals surface area contributed by atoms with Gasteiger partial charge in [0.25, 0.3) is 0 Å². The van der Waals surface area contributed by atoms with Gasteiger partial charge in [-0.25, -0.2) is 0 Å². The third-order valence-electron chi connectivity index (χ3n) is 5.74. The molecule has 0 aromatic heterocycles. The fourth-order valence-corrected chi connectivity index (χ4v) is 4.64. The Bertz CT molecular complexity index is 1090. The van der Waals surface area contributed by atoms with Crippen molar-refractivity contribution in [2.75, 3.05) is 4.90 Å². The first-order valence-electron chi connectivity index (χ1n) is 9.86. The predicted octanol–water partition coefficient (Wildman–Crippen LogP) is 4.24. The summed E-state index contributed by atoms with van der Waals surface area (Å²) in [4.78, 5) is 27.8. The van der Waals surface area contributed by atoms with Crippen LogP contribution in [0.2, 0.25) is 5.02 Å². The van der Waals surface area contributed by atoms with Crippen LogP contribution in [0.15, 0.2) is 77.3 Å². The Morgan fingerprint density at radius 1 is 1.07 bits per heavy atom. The quantitative estimate of drug-likeness (QED) is 0.775. The number of carbonyl (C=O) groups excluding carboxylic acids is 2. The highest BCUT2D eigenvalue weighted by Crippen LogP contribution is 2.50. The van der Waals surface area contributed by atoms with Gasteiger partial charge in [0.05, 0.1) is 5.57 Å². The molecule has 1 atom stereocenters. The molecule has 4 N–H and O–H groups in total.